The smallest absolute Gasteiger partial charge is 0.335 e. The first kappa shape index (κ1) is 16.9. The highest BCUT2D eigenvalue weighted by Gasteiger charge is 2.64. The van der Waals surface area contributed by atoms with Gasteiger partial charge in [-0.3, -0.25) is 9.69 Å². The maximum Gasteiger partial charge on any atom is 0.335 e. The lowest BCUT2D eigenvalue weighted by Gasteiger charge is -2.28. The molecule has 0 radical (unpaired) electrons. The average molecular weight is 359 g/mol. The number of fused-ring (bicyclic) bond motifs is 2. The van der Waals surface area contributed by atoms with Crippen LogP contribution in [-0.4, -0.2) is 25.5 Å². The molecule has 0 saturated carbocycles. The predicted molar refractivity (Wildman–Crippen MR) is 100 cm³/mol. The molecular formula is C22H17NO4. The number of nitrogens with zero attached hydrogens (tertiary/aromatic N) is 1. The highest BCUT2D eigenvalue weighted by molar-refractivity contribution is 6.13. The van der Waals surface area contributed by atoms with Crippen LogP contribution in [0.3, 0.4) is 0 Å². The number of benzene rings is 2. The summed E-state index contributed by atoms with van der Waals surface area (Å²) in [6.45, 7) is 3.99. The van der Waals surface area contributed by atoms with Crippen LogP contribution < -0.4 is 9.64 Å². The van der Waals surface area contributed by atoms with Crippen LogP contribution in [0.4, 0.5) is 5.69 Å². The lowest BCUT2D eigenvalue weighted by atomic mass is 9.76. The minimum Gasteiger partial charge on any atom is -0.497 e. The zero-order chi connectivity index (χ0) is 19.2. The molecular weight excluding hydrogens is 342 g/mol. The molecule has 1 fully saturated rings. The quantitative estimate of drug-likeness (QED) is 0.480. The topological polar surface area (TPSA) is 55.8 Å². The van der Waals surface area contributed by atoms with Crippen LogP contribution in [0.15, 0.2) is 60.7 Å². The van der Waals surface area contributed by atoms with Gasteiger partial charge in [0.2, 0.25) is 5.60 Å². The van der Waals surface area contributed by atoms with Gasteiger partial charge in [-0.05, 0) is 23.8 Å². The number of terminal acetylenes is 1. The van der Waals surface area contributed by atoms with E-state index in [1.807, 2.05) is 30.3 Å². The molecule has 134 valence electrons. The third-order valence-corrected chi connectivity index (χ3v) is 5.11. The fourth-order valence-corrected chi connectivity index (χ4v) is 3.94. The van der Waals surface area contributed by atoms with E-state index in [-0.39, 0.29) is 18.0 Å². The van der Waals surface area contributed by atoms with Gasteiger partial charge < -0.3 is 9.47 Å². The molecule has 2 aromatic rings. The maximum atomic E-state index is 13.5. The van der Waals surface area contributed by atoms with Crippen LogP contribution >= 0.6 is 0 Å². The van der Waals surface area contributed by atoms with Crippen molar-refractivity contribution in [2.45, 2.75) is 11.5 Å². The van der Waals surface area contributed by atoms with E-state index in [2.05, 4.69) is 12.5 Å². The van der Waals surface area contributed by atoms with E-state index in [1.54, 1.807) is 25.3 Å². The van der Waals surface area contributed by atoms with E-state index in [0.29, 0.717) is 17.0 Å². The first-order valence-corrected chi connectivity index (χ1v) is 8.45. The number of ether oxygens (including phenoxy) is 2. The number of hydrogen-bond acceptors (Lipinski definition) is 4. The molecule has 1 amide bonds. The summed E-state index contributed by atoms with van der Waals surface area (Å²) in [6, 6.07) is 14.5. The summed E-state index contributed by atoms with van der Waals surface area (Å²) in [5.74, 6) is 1.46. The molecule has 4 rings (SSSR count). The minimum atomic E-state index is -1.53. The van der Waals surface area contributed by atoms with Gasteiger partial charge in [0.1, 0.15) is 5.75 Å². The molecule has 0 N–H and O–H groups in total. The highest BCUT2D eigenvalue weighted by Crippen LogP contribution is 2.57. The van der Waals surface area contributed by atoms with Crippen LogP contribution in [0.5, 0.6) is 5.75 Å². The molecule has 27 heavy (non-hydrogen) atoms. The molecule has 5 nitrogen and oxygen atoms in total. The zero-order valence-corrected chi connectivity index (χ0v) is 14.8. The van der Waals surface area contributed by atoms with Crippen molar-refractivity contribution in [2.75, 3.05) is 18.6 Å². The normalized spacial score (nSPS) is 23.3. The van der Waals surface area contributed by atoms with E-state index in [9.17, 15) is 9.59 Å². The summed E-state index contributed by atoms with van der Waals surface area (Å²) >= 11 is 0. The second kappa shape index (κ2) is 6.03. The van der Waals surface area contributed by atoms with E-state index in [4.69, 9.17) is 15.9 Å². The van der Waals surface area contributed by atoms with E-state index in [0.717, 1.165) is 5.56 Å². The van der Waals surface area contributed by atoms with Crippen molar-refractivity contribution in [3.63, 3.8) is 0 Å². The Kier molecular flexibility index (Phi) is 3.78. The van der Waals surface area contributed by atoms with Crippen molar-refractivity contribution in [1.82, 2.24) is 0 Å². The van der Waals surface area contributed by atoms with Crippen molar-refractivity contribution >= 4 is 17.6 Å². The first-order valence-electron chi connectivity index (χ1n) is 8.45. The Labute approximate surface area is 157 Å². The van der Waals surface area contributed by atoms with Crippen LogP contribution in [0.2, 0.25) is 0 Å². The van der Waals surface area contributed by atoms with Crippen molar-refractivity contribution in [1.29, 1.82) is 0 Å². The molecule has 2 atom stereocenters. The van der Waals surface area contributed by atoms with Crippen molar-refractivity contribution < 1.29 is 19.1 Å². The summed E-state index contributed by atoms with van der Waals surface area (Å²) in [7, 11) is 1.54. The minimum absolute atomic E-state index is 0.0748. The molecule has 2 heterocycles. The number of amides is 1. The Bertz CT molecular complexity index is 1000. The van der Waals surface area contributed by atoms with Gasteiger partial charge in [0.05, 0.1) is 25.3 Å². The van der Waals surface area contributed by atoms with Crippen LogP contribution in [0, 0.1) is 12.3 Å². The van der Waals surface area contributed by atoms with Crippen LogP contribution in [0.1, 0.15) is 17.0 Å². The van der Waals surface area contributed by atoms with Gasteiger partial charge in [-0.25, -0.2) is 4.79 Å². The van der Waals surface area contributed by atoms with Crippen molar-refractivity contribution in [2.24, 2.45) is 0 Å². The molecule has 0 aliphatic carbocycles. The Morgan fingerprint density at radius 2 is 2.00 bits per heavy atom. The summed E-state index contributed by atoms with van der Waals surface area (Å²) in [5, 5.41) is 0. The summed E-state index contributed by atoms with van der Waals surface area (Å²) in [5.41, 5.74) is 0.657. The van der Waals surface area contributed by atoms with Gasteiger partial charge in [-0.2, -0.15) is 0 Å². The second-order valence-corrected chi connectivity index (χ2v) is 6.47. The lowest BCUT2D eigenvalue weighted by Crippen LogP contribution is -2.43. The fourth-order valence-electron chi connectivity index (χ4n) is 3.94. The summed E-state index contributed by atoms with van der Waals surface area (Å²) in [4.78, 5) is 27.5. The number of hydrogen-bond donors (Lipinski definition) is 0. The van der Waals surface area contributed by atoms with Crippen molar-refractivity contribution in [3.8, 4) is 18.1 Å². The Morgan fingerprint density at radius 3 is 2.67 bits per heavy atom. The lowest BCUT2D eigenvalue weighted by molar-refractivity contribution is -0.157. The van der Waals surface area contributed by atoms with E-state index >= 15 is 0 Å². The van der Waals surface area contributed by atoms with Crippen LogP contribution in [0.25, 0.3) is 0 Å². The number of carbonyl (C=O) groups is 2. The Balaban J connectivity index is 2.00. The van der Waals surface area contributed by atoms with Gasteiger partial charge in [0.15, 0.2) is 0 Å². The molecule has 2 aliphatic rings. The summed E-state index contributed by atoms with van der Waals surface area (Å²) < 4.78 is 11.1. The first-order chi connectivity index (χ1) is 13.0. The molecule has 5 heteroatoms. The fraction of sp³-hybridized carbons (Fsp3) is 0.182. The summed E-state index contributed by atoms with van der Waals surface area (Å²) in [6.07, 6.45) is 5.48. The number of esters is 1. The van der Waals surface area contributed by atoms with Crippen LogP contribution in [-0.2, 0) is 19.9 Å². The molecule has 0 unspecified atom stereocenters. The van der Waals surface area contributed by atoms with E-state index < -0.39 is 17.5 Å². The Morgan fingerprint density at radius 1 is 1.26 bits per heavy atom. The van der Waals surface area contributed by atoms with Gasteiger partial charge in [-0.15, -0.1) is 6.42 Å². The van der Waals surface area contributed by atoms with E-state index in [1.165, 1.54) is 4.90 Å². The molecule has 2 aromatic carbocycles. The average Bonchev–Trinajstić information content (AvgIpc) is 3.09. The largest absolute Gasteiger partial charge is 0.497 e. The molecule has 0 aromatic heterocycles. The molecule has 0 bridgehead atoms. The number of methoxy groups -OCH3 is 1. The SMILES string of the molecule is C#CCN1C(=O)[C@]2(OC(=O)C(=C)[C@H]2c2ccccc2)c2cc(OC)ccc21. The molecule has 2 aliphatic heterocycles. The third kappa shape index (κ3) is 2.20. The predicted octanol–water partition coefficient (Wildman–Crippen LogP) is 2.77. The van der Waals surface area contributed by atoms with Gasteiger partial charge >= 0.3 is 5.97 Å². The molecule has 1 spiro atoms. The number of rotatable bonds is 3. The second-order valence-electron chi connectivity index (χ2n) is 6.47. The van der Waals surface area contributed by atoms with Gasteiger partial charge in [0, 0.05) is 11.1 Å². The third-order valence-electron chi connectivity index (χ3n) is 5.11. The Hall–Kier alpha value is -3.52. The van der Waals surface area contributed by atoms with Gasteiger partial charge in [-0.1, -0.05) is 42.8 Å². The zero-order valence-electron chi connectivity index (χ0n) is 14.8. The highest BCUT2D eigenvalue weighted by atomic mass is 16.6. The number of carbonyl (C=O) groups excluding carboxylic acids is 2. The monoisotopic (exact) mass is 359 g/mol. The van der Waals surface area contributed by atoms with Gasteiger partial charge in [0.25, 0.3) is 5.91 Å². The maximum absolute atomic E-state index is 13.5. The standard InChI is InChI=1S/C22H17NO4/c1-4-12-23-18-11-10-16(26-3)13-17(18)22(21(23)25)19(14(2)20(24)27-22)15-8-6-5-7-9-15/h1,5-11,13,19H,2,12H2,3H3/t19-,22-/m0/s1. The molecule has 1 saturated heterocycles. The number of anilines is 1. The van der Waals surface area contributed by atoms with Crippen molar-refractivity contribution in [3.05, 3.63) is 71.8 Å².